The molecular formula is C23H20N2O3S. The fourth-order valence-corrected chi connectivity index (χ4v) is 3.73. The molecule has 0 saturated heterocycles. The van der Waals surface area contributed by atoms with Gasteiger partial charge in [0.2, 0.25) is 0 Å². The molecule has 0 aliphatic carbocycles. The number of fused-ring (bicyclic) bond motifs is 1. The Morgan fingerprint density at radius 3 is 2.59 bits per heavy atom. The zero-order valence-electron chi connectivity index (χ0n) is 15.7. The van der Waals surface area contributed by atoms with Crippen LogP contribution >= 0.6 is 11.8 Å². The lowest BCUT2D eigenvalue weighted by Crippen LogP contribution is -2.18. The van der Waals surface area contributed by atoms with Crippen molar-refractivity contribution in [3.8, 4) is 11.5 Å². The second kappa shape index (κ2) is 9.30. The van der Waals surface area contributed by atoms with Crippen LogP contribution in [0.5, 0.6) is 11.5 Å². The van der Waals surface area contributed by atoms with E-state index in [4.69, 9.17) is 9.47 Å². The first-order valence-corrected chi connectivity index (χ1v) is 10.3. The predicted octanol–water partition coefficient (Wildman–Crippen LogP) is 4.51. The number of benzene rings is 3. The van der Waals surface area contributed by atoms with E-state index in [0.29, 0.717) is 30.3 Å². The third-order valence-corrected chi connectivity index (χ3v) is 5.41. The fourth-order valence-electron chi connectivity index (χ4n) is 2.86. The van der Waals surface area contributed by atoms with Crippen molar-refractivity contribution in [2.75, 3.05) is 13.2 Å². The molecule has 0 aromatic heterocycles. The van der Waals surface area contributed by atoms with E-state index in [1.807, 2.05) is 60.7 Å². The molecule has 0 saturated carbocycles. The van der Waals surface area contributed by atoms with Gasteiger partial charge in [-0.05, 0) is 42.0 Å². The van der Waals surface area contributed by atoms with E-state index in [1.54, 1.807) is 18.0 Å². The smallest absolute Gasteiger partial charge is 0.271 e. The number of carbonyl (C=O) groups excluding carboxylic acids is 1. The number of ether oxygens (including phenoxy) is 2. The Kier molecular flexibility index (Phi) is 6.12. The van der Waals surface area contributed by atoms with Crippen molar-refractivity contribution in [3.05, 3.63) is 89.5 Å². The number of nitrogens with zero attached hydrogens (tertiary/aromatic N) is 1. The number of carbonyl (C=O) groups is 1. The van der Waals surface area contributed by atoms with Crippen molar-refractivity contribution < 1.29 is 14.3 Å². The Balaban J connectivity index is 1.33. The van der Waals surface area contributed by atoms with Gasteiger partial charge in [-0.2, -0.15) is 5.10 Å². The molecule has 1 aliphatic rings. The van der Waals surface area contributed by atoms with Crippen molar-refractivity contribution in [2.24, 2.45) is 5.10 Å². The van der Waals surface area contributed by atoms with Gasteiger partial charge in [0.25, 0.3) is 5.91 Å². The van der Waals surface area contributed by atoms with Gasteiger partial charge in [-0.1, -0.05) is 36.4 Å². The molecule has 1 N–H and O–H groups in total. The fraction of sp³-hybridized carbons (Fsp3) is 0.130. The normalized spacial score (nSPS) is 12.7. The second-order valence-corrected chi connectivity index (χ2v) is 7.42. The Labute approximate surface area is 173 Å². The average Bonchev–Trinajstić information content (AvgIpc) is 2.79. The summed E-state index contributed by atoms with van der Waals surface area (Å²) >= 11 is 1.76. The third kappa shape index (κ3) is 4.97. The van der Waals surface area contributed by atoms with Gasteiger partial charge in [0.05, 0.1) is 6.21 Å². The second-order valence-electron chi connectivity index (χ2n) is 6.37. The Hall–Kier alpha value is -3.25. The number of nitrogens with one attached hydrogen (secondary N) is 1. The van der Waals surface area contributed by atoms with Gasteiger partial charge in [-0.3, -0.25) is 4.79 Å². The van der Waals surface area contributed by atoms with Crippen molar-refractivity contribution in [1.82, 2.24) is 5.43 Å². The van der Waals surface area contributed by atoms with E-state index in [2.05, 4.69) is 22.7 Å². The summed E-state index contributed by atoms with van der Waals surface area (Å²) in [5.41, 5.74) is 5.04. The van der Waals surface area contributed by atoms with Gasteiger partial charge in [0.1, 0.15) is 13.2 Å². The average molecular weight is 404 g/mol. The van der Waals surface area contributed by atoms with E-state index in [1.165, 1.54) is 4.90 Å². The summed E-state index contributed by atoms with van der Waals surface area (Å²) in [5.74, 6) is 1.93. The Morgan fingerprint density at radius 1 is 0.966 bits per heavy atom. The van der Waals surface area contributed by atoms with Gasteiger partial charge in [-0.15, -0.1) is 11.8 Å². The van der Waals surface area contributed by atoms with Crippen molar-refractivity contribution in [3.63, 3.8) is 0 Å². The number of para-hydroxylation sites is 1. The van der Waals surface area contributed by atoms with E-state index in [9.17, 15) is 4.79 Å². The minimum Gasteiger partial charge on any atom is -0.486 e. The van der Waals surface area contributed by atoms with Crippen molar-refractivity contribution in [2.45, 2.75) is 10.6 Å². The highest BCUT2D eigenvalue weighted by molar-refractivity contribution is 7.98. The topological polar surface area (TPSA) is 59.9 Å². The third-order valence-electron chi connectivity index (χ3n) is 4.33. The van der Waals surface area contributed by atoms with E-state index in [0.717, 1.165) is 16.9 Å². The van der Waals surface area contributed by atoms with E-state index < -0.39 is 0 Å². The molecule has 6 heteroatoms. The number of hydrogen-bond donors (Lipinski definition) is 1. The lowest BCUT2D eigenvalue weighted by Gasteiger charge is -2.19. The van der Waals surface area contributed by atoms with Crippen LogP contribution in [-0.2, 0) is 5.75 Å². The molecule has 146 valence electrons. The van der Waals surface area contributed by atoms with Crippen molar-refractivity contribution in [1.29, 1.82) is 0 Å². The molecule has 29 heavy (non-hydrogen) atoms. The van der Waals surface area contributed by atoms with Gasteiger partial charge in [-0.25, -0.2) is 5.43 Å². The summed E-state index contributed by atoms with van der Waals surface area (Å²) in [6.45, 7) is 1.03. The van der Waals surface area contributed by atoms with Crippen LogP contribution < -0.4 is 14.9 Å². The van der Waals surface area contributed by atoms with Crippen LogP contribution in [0.3, 0.4) is 0 Å². The molecular weight excluding hydrogens is 384 g/mol. The maximum atomic E-state index is 12.3. The first-order valence-electron chi connectivity index (χ1n) is 9.28. The summed E-state index contributed by atoms with van der Waals surface area (Å²) in [5, 5.41) is 4.06. The number of thioether (sulfide) groups is 1. The Bertz CT molecular complexity index is 1000. The van der Waals surface area contributed by atoms with Gasteiger partial charge < -0.3 is 9.47 Å². The van der Waals surface area contributed by atoms with E-state index in [-0.39, 0.29) is 5.91 Å². The molecule has 1 amide bonds. The molecule has 0 bridgehead atoms. The highest BCUT2D eigenvalue weighted by Gasteiger charge is 2.14. The number of rotatable bonds is 6. The van der Waals surface area contributed by atoms with Gasteiger partial charge in [0, 0.05) is 21.8 Å². The van der Waals surface area contributed by atoms with Crippen LogP contribution in [0.15, 0.2) is 82.8 Å². The Morgan fingerprint density at radius 2 is 1.76 bits per heavy atom. The summed E-state index contributed by atoms with van der Waals surface area (Å²) in [4.78, 5) is 13.6. The first-order chi connectivity index (χ1) is 14.3. The molecule has 0 spiro atoms. The summed E-state index contributed by atoms with van der Waals surface area (Å²) in [7, 11) is 0. The largest absolute Gasteiger partial charge is 0.486 e. The van der Waals surface area contributed by atoms with Crippen LogP contribution in [0, 0.1) is 0 Å². The minimum atomic E-state index is -0.259. The minimum absolute atomic E-state index is 0.259. The molecule has 3 aromatic carbocycles. The maximum absolute atomic E-state index is 12.3. The summed E-state index contributed by atoms with van der Waals surface area (Å²) in [6, 6.07) is 23.4. The highest BCUT2D eigenvalue weighted by atomic mass is 32.2. The molecule has 5 nitrogen and oxygen atoms in total. The highest BCUT2D eigenvalue weighted by Crippen LogP contribution is 2.32. The van der Waals surface area contributed by atoms with Crippen LogP contribution in [0.25, 0.3) is 0 Å². The molecule has 1 heterocycles. The number of hydrazone groups is 1. The predicted molar refractivity (Wildman–Crippen MR) is 115 cm³/mol. The van der Waals surface area contributed by atoms with Crippen LogP contribution in [0.1, 0.15) is 21.5 Å². The SMILES string of the molecule is O=C(N/N=C/c1cccc2c1OCCO2)c1ccc(CSc2ccccc2)cc1. The van der Waals surface area contributed by atoms with Crippen LogP contribution in [0.4, 0.5) is 0 Å². The first kappa shape index (κ1) is 19.1. The maximum Gasteiger partial charge on any atom is 0.271 e. The molecule has 3 aromatic rings. The van der Waals surface area contributed by atoms with Crippen LogP contribution in [0.2, 0.25) is 0 Å². The summed E-state index contributed by atoms with van der Waals surface area (Å²) in [6.07, 6.45) is 1.57. The number of amides is 1. The monoisotopic (exact) mass is 404 g/mol. The molecule has 4 rings (SSSR count). The molecule has 0 fully saturated rings. The van der Waals surface area contributed by atoms with Gasteiger partial charge in [0.15, 0.2) is 11.5 Å². The number of hydrogen-bond acceptors (Lipinski definition) is 5. The lowest BCUT2D eigenvalue weighted by molar-refractivity contribution is 0.0955. The quantitative estimate of drug-likeness (QED) is 0.373. The standard InChI is InChI=1S/C23H20N2O3S/c26-23(25-24-15-19-5-4-8-21-22(19)28-14-13-27-21)18-11-9-17(10-12-18)16-29-20-6-2-1-3-7-20/h1-12,15H,13-14,16H2,(H,25,26)/b24-15+. The van der Waals surface area contributed by atoms with Crippen LogP contribution in [-0.4, -0.2) is 25.3 Å². The van der Waals surface area contributed by atoms with E-state index >= 15 is 0 Å². The summed E-state index contributed by atoms with van der Waals surface area (Å²) < 4.78 is 11.2. The molecule has 1 aliphatic heterocycles. The van der Waals surface area contributed by atoms with Crippen molar-refractivity contribution >= 4 is 23.9 Å². The molecule has 0 unspecified atom stereocenters. The molecule has 0 radical (unpaired) electrons. The molecule has 0 atom stereocenters. The zero-order valence-corrected chi connectivity index (χ0v) is 16.5. The van der Waals surface area contributed by atoms with Gasteiger partial charge >= 0.3 is 0 Å². The lowest BCUT2D eigenvalue weighted by atomic mass is 10.1. The zero-order chi connectivity index (χ0) is 19.9.